The van der Waals surface area contributed by atoms with Crippen molar-refractivity contribution in [1.82, 2.24) is 19.9 Å². The molecule has 0 saturated heterocycles. The topological polar surface area (TPSA) is 68.5 Å². The number of carbonyl (C=O) groups excluding carboxylic acids is 1. The minimum Gasteiger partial charge on any atom is -0.494 e. The van der Waals surface area contributed by atoms with Crippen molar-refractivity contribution in [1.29, 1.82) is 0 Å². The van der Waals surface area contributed by atoms with Gasteiger partial charge in [-0.15, -0.1) is 16.4 Å². The maximum absolute atomic E-state index is 14.0. The van der Waals surface area contributed by atoms with E-state index in [-0.39, 0.29) is 11.7 Å². The second-order valence-corrected chi connectivity index (χ2v) is 7.53. The van der Waals surface area contributed by atoms with Gasteiger partial charge in [0, 0.05) is 18.3 Å². The highest BCUT2D eigenvalue weighted by Crippen LogP contribution is 2.23. The Morgan fingerprint density at radius 2 is 2.00 bits per heavy atom. The highest BCUT2D eigenvalue weighted by molar-refractivity contribution is 7.15. The molecule has 2 aromatic carbocycles. The number of halogens is 1. The van der Waals surface area contributed by atoms with Crippen LogP contribution < -0.4 is 10.1 Å². The van der Waals surface area contributed by atoms with E-state index in [9.17, 15) is 9.18 Å². The molecule has 0 radical (unpaired) electrons. The Hall–Kier alpha value is -3.26. The average Bonchev–Trinajstić information content (AvgIpc) is 3.32. The molecule has 0 aliphatic heterocycles. The van der Waals surface area contributed by atoms with Crippen LogP contribution in [-0.4, -0.2) is 33.7 Å². The molecular weight excluding hydrogens is 403 g/mol. The summed E-state index contributed by atoms with van der Waals surface area (Å²) in [4.78, 5) is 17.3. The van der Waals surface area contributed by atoms with Crippen LogP contribution in [0, 0.1) is 5.82 Å². The lowest BCUT2D eigenvalue weighted by Crippen LogP contribution is -2.27. The highest BCUT2D eigenvalue weighted by atomic mass is 32.1. The minimum atomic E-state index is -0.348. The molecule has 0 saturated carbocycles. The standard InChI is InChI=1S/C22H21FN4O2S/c1-2-29-17-9-7-15(8-10-17)13-20(28)24-12-11-16-14-30-22-25-21(26-27(16)22)18-5-3-4-6-19(18)23/h3-10,14H,2,11-13H2,1H3,(H,24,28). The third-order valence-corrected chi connectivity index (χ3v) is 5.43. The summed E-state index contributed by atoms with van der Waals surface area (Å²) in [5.41, 5.74) is 2.23. The average molecular weight is 425 g/mol. The smallest absolute Gasteiger partial charge is 0.224 e. The van der Waals surface area contributed by atoms with Gasteiger partial charge in [-0.2, -0.15) is 4.98 Å². The molecule has 4 aromatic rings. The van der Waals surface area contributed by atoms with Crippen LogP contribution >= 0.6 is 11.3 Å². The van der Waals surface area contributed by atoms with Crippen LogP contribution in [0.25, 0.3) is 16.3 Å². The molecule has 0 aliphatic carbocycles. The molecule has 2 heterocycles. The Balaban J connectivity index is 1.34. The number of aromatic nitrogens is 3. The van der Waals surface area contributed by atoms with Crippen LogP contribution in [0.1, 0.15) is 18.2 Å². The molecule has 1 amide bonds. The van der Waals surface area contributed by atoms with Crippen molar-refractivity contribution in [2.45, 2.75) is 19.8 Å². The van der Waals surface area contributed by atoms with Gasteiger partial charge in [-0.3, -0.25) is 4.79 Å². The molecule has 6 nitrogen and oxygen atoms in total. The molecule has 0 aliphatic rings. The van der Waals surface area contributed by atoms with E-state index in [2.05, 4.69) is 15.4 Å². The molecule has 2 aromatic heterocycles. The summed E-state index contributed by atoms with van der Waals surface area (Å²) >= 11 is 1.44. The van der Waals surface area contributed by atoms with Crippen molar-refractivity contribution in [3.05, 3.63) is 71.0 Å². The minimum absolute atomic E-state index is 0.0451. The summed E-state index contributed by atoms with van der Waals surface area (Å²) in [6.07, 6.45) is 0.918. The number of amides is 1. The summed E-state index contributed by atoms with van der Waals surface area (Å²) in [5, 5.41) is 9.34. The zero-order valence-corrected chi connectivity index (χ0v) is 17.3. The van der Waals surface area contributed by atoms with Gasteiger partial charge in [0.1, 0.15) is 11.6 Å². The maximum Gasteiger partial charge on any atom is 0.224 e. The lowest BCUT2D eigenvalue weighted by molar-refractivity contribution is -0.120. The Morgan fingerprint density at radius 3 is 2.77 bits per heavy atom. The Bertz CT molecular complexity index is 1150. The quantitative estimate of drug-likeness (QED) is 0.466. The van der Waals surface area contributed by atoms with Crippen molar-refractivity contribution < 1.29 is 13.9 Å². The Morgan fingerprint density at radius 1 is 1.20 bits per heavy atom. The molecular formula is C22H21FN4O2S. The fourth-order valence-electron chi connectivity index (χ4n) is 3.10. The first-order chi connectivity index (χ1) is 14.6. The SMILES string of the molecule is CCOc1ccc(CC(=O)NCCc2csc3nc(-c4ccccc4F)nn23)cc1. The number of carbonyl (C=O) groups is 1. The first-order valence-corrected chi connectivity index (χ1v) is 10.6. The van der Waals surface area contributed by atoms with E-state index in [1.165, 1.54) is 17.4 Å². The van der Waals surface area contributed by atoms with Gasteiger partial charge in [-0.05, 0) is 36.8 Å². The predicted octanol–water partition coefficient (Wildman–Crippen LogP) is 3.90. The Labute approximate surface area is 177 Å². The van der Waals surface area contributed by atoms with E-state index in [1.54, 1.807) is 22.7 Å². The highest BCUT2D eigenvalue weighted by Gasteiger charge is 2.14. The fourth-order valence-corrected chi connectivity index (χ4v) is 3.96. The van der Waals surface area contributed by atoms with Crippen molar-refractivity contribution >= 4 is 22.2 Å². The van der Waals surface area contributed by atoms with Crippen LogP contribution in [-0.2, 0) is 17.6 Å². The summed E-state index contributed by atoms with van der Waals surface area (Å²) in [5.74, 6) is 0.765. The zero-order valence-electron chi connectivity index (χ0n) is 16.5. The Kier molecular flexibility index (Phi) is 6.04. The molecule has 4 rings (SSSR count). The van der Waals surface area contributed by atoms with Crippen LogP contribution in [0.15, 0.2) is 53.9 Å². The van der Waals surface area contributed by atoms with Gasteiger partial charge < -0.3 is 10.1 Å². The first kappa shape index (κ1) is 20.0. The lowest BCUT2D eigenvalue weighted by atomic mass is 10.1. The predicted molar refractivity (Wildman–Crippen MR) is 114 cm³/mol. The van der Waals surface area contributed by atoms with E-state index in [0.717, 1.165) is 17.0 Å². The van der Waals surface area contributed by atoms with E-state index >= 15 is 0 Å². The molecule has 0 atom stereocenters. The zero-order chi connectivity index (χ0) is 20.9. The second-order valence-electron chi connectivity index (χ2n) is 6.69. The monoisotopic (exact) mass is 424 g/mol. The van der Waals surface area contributed by atoms with Gasteiger partial charge in [0.2, 0.25) is 10.9 Å². The molecule has 8 heteroatoms. The molecule has 1 N–H and O–H groups in total. The van der Waals surface area contributed by atoms with Gasteiger partial charge in [0.05, 0.1) is 24.3 Å². The molecule has 0 spiro atoms. The third-order valence-electron chi connectivity index (χ3n) is 4.57. The van der Waals surface area contributed by atoms with Crippen LogP contribution in [0.4, 0.5) is 4.39 Å². The van der Waals surface area contributed by atoms with E-state index in [4.69, 9.17) is 4.74 Å². The van der Waals surface area contributed by atoms with Crippen molar-refractivity contribution in [2.75, 3.05) is 13.2 Å². The largest absolute Gasteiger partial charge is 0.494 e. The van der Waals surface area contributed by atoms with Gasteiger partial charge >= 0.3 is 0 Å². The number of nitrogens with zero attached hydrogens (tertiary/aromatic N) is 3. The summed E-state index contributed by atoms with van der Waals surface area (Å²) in [6, 6.07) is 14.0. The van der Waals surface area contributed by atoms with Crippen LogP contribution in [0.5, 0.6) is 5.75 Å². The van der Waals surface area contributed by atoms with Crippen LogP contribution in [0.3, 0.4) is 0 Å². The number of rotatable bonds is 8. The lowest BCUT2D eigenvalue weighted by Gasteiger charge is -2.06. The number of benzene rings is 2. The molecule has 154 valence electrons. The molecule has 0 unspecified atom stereocenters. The van der Waals surface area contributed by atoms with E-state index in [1.807, 2.05) is 36.6 Å². The third kappa shape index (κ3) is 4.49. The van der Waals surface area contributed by atoms with Gasteiger partial charge in [-0.1, -0.05) is 24.3 Å². The number of hydrogen-bond acceptors (Lipinski definition) is 5. The number of hydrogen-bond donors (Lipinski definition) is 1. The maximum atomic E-state index is 14.0. The van der Waals surface area contributed by atoms with Gasteiger partial charge in [0.15, 0.2) is 5.82 Å². The fraction of sp³-hybridized carbons (Fsp3) is 0.227. The van der Waals surface area contributed by atoms with Crippen molar-refractivity contribution in [2.24, 2.45) is 0 Å². The van der Waals surface area contributed by atoms with Crippen LogP contribution in [0.2, 0.25) is 0 Å². The molecule has 0 fully saturated rings. The number of nitrogens with one attached hydrogen (secondary N) is 1. The summed E-state index contributed by atoms with van der Waals surface area (Å²) in [6.45, 7) is 3.03. The molecule has 30 heavy (non-hydrogen) atoms. The number of fused-ring (bicyclic) bond motifs is 1. The van der Waals surface area contributed by atoms with Crippen molar-refractivity contribution in [3.63, 3.8) is 0 Å². The van der Waals surface area contributed by atoms with E-state index in [0.29, 0.717) is 42.3 Å². The number of thiazole rings is 1. The summed E-state index contributed by atoms with van der Waals surface area (Å²) in [7, 11) is 0. The van der Waals surface area contributed by atoms with Gasteiger partial charge in [0.25, 0.3) is 0 Å². The summed E-state index contributed by atoms with van der Waals surface area (Å²) < 4.78 is 21.1. The normalized spacial score (nSPS) is 11.0. The van der Waals surface area contributed by atoms with Crippen molar-refractivity contribution in [3.8, 4) is 17.1 Å². The number of ether oxygens (including phenoxy) is 1. The second kappa shape index (κ2) is 9.04. The molecule has 0 bridgehead atoms. The van der Waals surface area contributed by atoms with Gasteiger partial charge in [-0.25, -0.2) is 8.91 Å². The van der Waals surface area contributed by atoms with E-state index < -0.39 is 0 Å². The first-order valence-electron chi connectivity index (χ1n) is 9.70.